The number of aryl methyl sites for hydroxylation is 1. The van der Waals surface area contributed by atoms with E-state index in [4.69, 9.17) is 15.7 Å². The Morgan fingerprint density at radius 3 is 2.48 bits per heavy atom. The second kappa shape index (κ2) is 11.4. The van der Waals surface area contributed by atoms with Gasteiger partial charge in [-0.3, -0.25) is 19.4 Å². The zero-order valence-corrected chi connectivity index (χ0v) is 25.3. The van der Waals surface area contributed by atoms with Crippen molar-refractivity contribution in [3.05, 3.63) is 87.3 Å². The van der Waals surface area contributed by atoms with Crippen LogP contribution in [0.4, 0.5) is 5.69 Å². The third-order valence-corrected chi connectivity index (χ3v) is 8.49. The molecule has 2 aromatic carbocycles. The lowest BCUT2D eigenvalue weighted by Gasteiger charge is -2.21. The summed E-state index contributed by atoms with van der Waals surface area (Å²) in [6.45, 7) is 8.13. The van der Waals surface area contributed by atoms with Crippen molar-refractivity contribution in [2.24, 2.45) is 5.73 Å². The molecular weight excluding hydrogens is 554 g/mol. The molecule has 9 nitrogen and oxygen atoms in total. The van der Waals surface area contributed by atoms with Crippen LogP contribution in [0, 0.1) is 0 Å². The highest BCUT2D eigenvalue weighted by atomic mass is 16.3. The highest BCUT2D eigenvalue weighted by Crippen LogP contribution is 2.40. The molecule has 44 heavy (non-hydrogen) atoms. The molecule has 9 heteroatoms. The van der Waals surface area contributed by atoms with E-state index >= 15 is 0 Å². The zero-order chi connectivity index (χ0) is 31.3. The summed E-state index contributed by atoms with van der Waals surface area (Å²) in [7, 11) is 0. The second-order valence-electron chi connectivity index (χ2n) is 11.1. The van der Waals surface area contributed by atoms with Gasteiger partial charge in [-0.05, 0) is 72.9 Å². The summed E-state index contributed by atoms with van der Waals surface area (Å²) in [6.07, 6.45) is 1.80. The van der Waals surface area contributed by atoms with Gasteiger partial charge in [0.15, 0.2) is 5.78 Å². The van der Waals surface area contributed by atoms with Crippen LogP contribution in [0.1, 0.15) is 62.5 Å². The SMILES string of the molecule is CC.CCc1c2c(nc3ccc4ncc(-c5ccc(NC(=O)C(C)N)cc5)cc4c13)-c1cc3c(c(=O)n1C2)CCC(=O)C3O. The van der Waals surface area contributed by atoms with Crippen LogP contribution in [-0.2, 0) is 29.0 Å². The maximum Gasteiger partial charge on any atom is 0.254 e. The quantitative estimate of drug-likeness (QED) is 0.244. The van der Waals surface area contributed by atoms with Gasteiger partial charge in [0.05, 0.1) is 35.0 Å². The van der Waals surface area contributed by atoms with E-state index < -0.39 is 12.1 Å². The first-order valence-electron chi connectivity index (χ1n) is 15.1. The fourth-order valence-corrected chi connectivity index (χ4v) is 6.28. The van der Waals surface area contributed by atoms with Gasteiger partial charge in [-0.1, -0.05) is 32.9 Å². The number of carbonyl (C=O) groups is 2. The molecule has 224 valence electrons. The Hall–Kier alpha value is -4.73. The summed E-state index contributed by atoms with van der Waals surface area (Å²) in [6, 6.07) is 14.8. The summed E-state index contributed by atoms with van der Waals surface area (Å²) >= 11 is 0. The van der Waals surface area contributed by atoms with E-state index in [2.05, 4.69) is 18.3 Å². The van der Waals surface area contributed by atoms with E-state index in [1.807, 2.05) is 56.4 Å². The molecule has 1 aliphatic heterocycles. The first-order valence-corrected chi connectivity index (χ1v) is 15.1. The van der Waals surface area contributed by atoms with Crippen LogP contribution in [0.3, 0.4) is 0 Å². The van der Waals surface area contributed by atoms with Crippen LogP contribution in [0.2, 0.25) is 0 Å². The second-order valence-corrected chi connectivity index (χ2v) is 11.1. The number of nitrogens with two attached hydrogens (primary N) is 1. The number of aromatic nitrogens is 3. The molecule has 0 fully saturated rings. The van der Waals surface area contributed by atoms with Crippen molar-refractivity contribution in [1.29, 1.82) is 0 Å². The van der Waals surface area contributed by atoms with E-state index in [1.54, 1.807) is 17.6 Å². The average Bonchev–Trinajstić information content (AvgIpc) is 3.41. The number of amides is 1. The van der Waals surface area contributed by atoms with Crippen molar-refractivity contribution >= 4 is 39.2 Å². The Balaban J connectivity index is 0.00000168. The monoisotopic (exact) mass is 589 g/mol. The zero-order valence-electron chi connectivity index (χ0n) is 25.3. The van der Waals surface area contributed by atoms with E-state index in [-0.39, 0.29) is 23.7 Å². The Labute approximate surface area is 254 Å². The Morgan fingerprint density at radius 2 is 1.77 bits per heavy atom. The lowest BCUT2D eigenvalue weighted by Crippen LogP contribution is -2.32. The van der Waals surface area contributed by atoms with Crippen LogP contribution < -0.4 is 16.6 Å². The number of hydrogen-bond donors (Lipinski definition) is 3. The van der Waals surface area contributed by atoms with Gasteiger partial charge in [0, 0.05) is 45.8 Å². The highest BCUT2D eigenvalue weighted by Gasteiger charge is 2.33. The number of carbonyl (C=O) groups excluding carboxylic acids is 2. The van der Waals surface area contributed by atoms with Crippen LogP contribution >= 0.6 is 0 Å². The van der Waals surface area contributed by atoms with Crippen molar-refractivity contribution in [3.8, 4) is 22.5 Å². The molecule has 0 spiro atoms. The molecule has 1 amide bonds. The molecule has 5 aromatic rings. The first kappa shape index (κ1) is 29.3. The minimum atomic E-state index is -1.27. The number of aliphatic hydroxyl groups excluding tert-OH is 1. The lowest BCUT2D eigenvalue weighted by atomic mass is 9.89. The largest absolute Gasteiger partial charge is 0.381 e. The highest BCUT2D eigenvalue weighted by molar-refractivity contribution is 6.09. The molecule has 0 saturated heterocycles. The molecule has 1 aliphatic carbocycles. The molecule has 4 N–H and O–H groups in total. The normalized spacial score (nSPS) is 15.7. The van der Waals surface area contributed by atoms with Gasteiger partial charge in [-0.25, -0.2) is 4.98 Å². The minimum Gasteiger partial charge on any atom is -0.381 e. The first-order chi connectivity index (χ1) is 21.2. The summed E-state index contributed by atoms with van der Waals surface area (Å²) in [5, 5.41) is 15.3. The van der Waals surface area contributed by atoms with E-state index in [1.165, 1.54) is 0 Å². The van der Waals surface area contributed by atoms with Gasteiger partial charge in [0.2, 0.25) is 5.91 Å². The predicted octanol–water partition coefficient (Wildman–Crippen LogP) is 5.06. The van der Waals surface area contributed by atoms with Crippen LogP contribution in [0.15, 0.2) is 59.5 Å². The number of fused-ring (bicyclic) bond motifs is 7. The minimum absolute atomic E-state index is 0.160. The molecule has 3 aromatic heterocycles. The van der Waals surface area contributed by atoms with E-state index in [0.29, 0.717) is 35.5 Å². The lowest BCUT2D eigenvalue weighted by molar-refractivity contribution is -0.128. The van der Waals surface area contributed by atoms with Crippen LogP contribution in [-0.4, -0.2) is 37.4 Å². The summed E-state index contributed by atoms with van der Waals surface area (Å²) < 4.78 is 1.73. The van der Waals surface area contributed by atoms with Gasteiger partial charge in [-0.2, -0.15) is 0 Å². The number of nitrogens with zero attached hydrogens (tertiary/aromatic N) is 3. The number of nitrogens with one attached hydrogen (secondary N) is 1. The number of Topliss-reactive ketones (excluding diaryl/α,β-unsaturated/α-hetero) is 1. The number of aliphatic hydroxyl groups is 1. The number of rotatable bonds is 4. The van der Waals surface area contributed by atoms with Crippen LogP contribution in [0.5, 0.6) is 0 Å². The Morgan fingerprint density at radius 1 is 1.05 bits per heavy atom. The van der Waals surface area contributed by atoms with Gasteiger partial charge < -0.3 is 20.7 Å². The average molecular weight is 590 g/mol. The number of pyridine rings is 3. The van der Waals surface area contributed by atoms with E-state index in [0.717, 1.165) is 56.2 Å². The Bertz CT molecular complexity index is 2030. The maximum atomic E-state index is 13.5. The number of ketones is 1. The number of anilines is 1. The molecule has 7 rings (SSSR count). The van der Waals surface area contributed by atoms with Crippen molar-refractivity contribution in [2.45, 2.75) is 65.6 Å². The molecule has 0 radical (unpaired) electrons. The molecule has 0 bridgehead atoms. The molecule has 2 aliphatic rings. The van der Waals surface area contributed by atoms with Crippen molar-refractivity contribution in [3.63, 3.8) is 0 Å². The predicted molar refractivity (Wildman–Crippen MR) is 173 cm³/mol. The molecular formula is C35H35N5O4. The van der Waals surface area contributed by atoms with Gasteiger partial charge in [0.25, 0.3) is 5.56 Å². The maximum absolute atomic E-state index is 13.5. The molecule has 0 saturated carbocycles. The third-order valence-electron chi connectivity index (χ3n) is 8.49. The van der Waals surface area contributed by atoms with Gasteiger partial charge in [0.1, 0.15) is 6.10 Å². The van der Waals surface area contributed by atoms with Crippen molar-refractivity contribution < 1.29 is 14.7 Å². The van der Waals surface area contributed by atoms with Gasteiger partial charge >= 0.3 is 0 Å². The fraction of sp³-hybridized carbons (Fsp3) is 0.286. The standard InChI is InChI=1S/C33H29N5O4.C2H6/c1-3-20-24-15-38-27(13-22-21(33(38)42)8-11-28(39)31(22)40)30(24)37-26-10-9-25-23(29(20)26)12-18(14-35-25)17-4-6-19(7-5-17)36-32(41)16(2)34;1-2/h4-7,9-10,12-14,16,31,40H,3,8,11,15,34H2,1-2H3,(H,36,41);1-2H3. The molecule has 2 atom stereocenters. The smallest absolute Gasteiger partial charge is 0.254 e. The fourth-order valence-electron chi connectivity index (χ4n) is 6.28. The molecule has 2 unspecified atom stereocenters. The Kier molecular flexibility index (Phi) is 7.61. The number of benzene rings is 2. The molecule has 4 heterocycles. The van der Waals surface area contributed by atoms with Crippen molar-refractivity contribution in [1.82, 2.24) is 14.5 Å². The van der Waals surface area contributed by atoms with E-state index in [9.17, 15) is 19.5 Å². The third kappa shape index (κ3) is 4.69. The van der Waals surface area contributed by atoms with Crippen molar-refractivity contribution in [2.75, 3.05) is 5.32 Å². The van der Waals surface area contributed by atoms with Crippen LogP contribution in [0.25, 0.3) is 44.3 Å². The summed E-state index contributed by atoms with van der Waals surface area (Å²) in [4.78, 5) is 47.5. The number of hydrogen-bond acceptors (Lipinski definition) is 7. The summed E-state index contributed by atoms with van der Waals surface area (Å²) in [5.74, 6) is -0.506. The van der Waals surface area contributed by atoms with Gasteiger partial charge in [-0.15, -0.1) is 0 Å². The summed E-state index contributed by atoms with van der Waals surface area (Å²) in [5.41, 5.74) is 14.1. The topological polar surface area (TPSA) is 140 Å².